The first-order valence-corrected chi connectivity index (χ1v) is 9.64. The minimum Gasteiger partial charge on any atom is -0.270 e. The van der Waals surface area contributed by atoms with E-state index in [9.17, 15) is 28.6 Å². The van der Waals surface area contributed by atoms with Crippen molar-refractivity contribution in [2.75, 3.05) is 7.11 Å². The average Bonchev–Trinajstić information content (AvgIpc) is 2.64. The van der Waals surface area contributed by atoms with E-state index in [0.717, 1.165) is 18.7 Å². The maximum Gasteiger partial charge on any atom is 0.296 e. The summed E-state index contributed by atoms with van der Waals surface area (Å²) in [7, 11) is -2.37. The Morgan fingerprint density at radius 1 is 0.923 bits per heavy atom. The van der Waals surface area contributed by atoms with Gasteiger partial charge in [0.05, 0.1) is 27.9 Å². The van der Waals surface area contributed by atoms with Crippen molar-refractivity contribution in [1.29, 1.82) is 0 Å². The van der Waals surface area contributed by atoms with Crippen molar-refractivity contribution in [2.24, 2.45) is 0 Å². The molecule has 0 unspecified atom stereocenters. The summed E-state index contributed by atoms with van der Waals surface area (Å²) in [6.07, 6.45) is 0. The Hall–Kier alpha value is -2.15. The predicted molar refractivity (Wildman–Crippen MR) is 103 cm³/mol. The third kappa shape index (κ3) is 7.82. The fourth-order valence-electron chi connectivity index (χ4n) is 1.52. The minimum absolute atomic E-state index is 0.190. The van der Waals surface area contributed by atoms with E-state index in [0.29, 0.717) is 0 Å². The molecular weight excluding hydrogens is 404 g/mol. The molecule has 142 valence electrons. The fourth-order valence-corrected chi connectivity index (χ4v) is 2.18. The van der Waals surface area contributed by atoms with Gasteiger partial charge >= 0.3 is 0 Å². The third-order valence-corrected chi connectivity index (χ3v) is 4.07. The van der Waals surface area contributed by atoms with Crippen LogP contribution in [0.2, 0.25) is 0 Å². The van der Waals surface area contributed by atoms with Gasteiger partial charge in [-0.3, -0.25) is 24.4 Å². The van der Waals surface area contributed by atoms with E-state index in [1.54, 1.807) is 12.1 Å². The molecule has 9 nitrogen and oxygen atoms in total. The molecule has 2 rings (SSSR count). The van der Waals surface area contributed by atoms with Crippen LogP contribution in [-0.4, -0.2) is 25.4 Å². The van der Waals surface area contributed by atoms with Crippen molar-refractivity contribution < 1.29 is 22.4 Å². The van der Waals surface area contributed by atoms with E-state index in [2.05, 4.69) is 27.5 Å². The second-order valence-electron chi connectivity index (χ2n) is 4.47. The van der Waals surface area contributed by atoms with Gasteiger partial charge in [-0.2, -0.15) is 8.42 Å². The highest BCUT2D eigenvalue weighted by Crippen LogP contribution is 2.18. The molecular formula is C14H16N2O7S3. The van der Waals surface area contributed by atoms with Crippen molar-refractivity contribution in [3.8, 4) is 0 Å². The first-order chi connectivity index (χ1) is 12.2. The van der Waals surface area contributed by atoms with Crippen LogP contribution in [0, 0.1) is 27.2 Å². The summed E-state index contributed by atoms with van der Waals surface area (Å²) in [5.74, 6) is 0. The molecule has 0 radical (unpaired) electrons. The van der Waals surface area contributed by atoms with Crippen LogP contribution < -0.4 is 0 Å². The molecule has 0 aliphatic carbocycles. The van der Waals surface area contributed by atoms with Gasteiger partial charge in [-0.1, -0.05) is 17.7 Å². The van der Waals surface area contributed by atoms with Crippen LogP contribution >= 0.6 is 23.3 Å². The quantitative estimate of drug-likeness (QED) is 0.254. The number of thiol groups is 2. The minimum atomic E-state index is -3.51. The third-order valence-electron chi connectivity index (χ3n) is 2.78. The van der Waals surface area contributed by atoms with Crippen LogP contribution in [0.1, 0.15) is 5.56 Å². The van der Waals surface area contributed by atoms with Gasteiger partial charge in [0.25, 0.3) is 21.5 Å². The number of hydrogen-bond donors (Lipinski definition) is 2. The second kappa shape index (κ2) is 11.5. The first kappa shape index (κ1) is 23.9. The van der Waals surface area contributed by atoms with Crippen molar-refractivity contribution in [2.45, 2.75) is 11.8 Å². The Balaban J connectivity index is 0.000000439. The van der Waals surface area contributed by atoms with Crippen LogP contribution in [0.25, 0.3) is 0 Å². The van der Waals surface area contributed by atoms with Gasteiger partial charge in [-0.05, 0) is 25.1 Å². The molecule has 0 saturated carbocycles. The molecule has 0 heterocycles. The molecule has 0 aliphatic rings. The normalized spacial score (nSPS) is 9.85. The summed E-state index contributed by atoms with van der Waals surface area (Å²) in [4.78, 5) is 19.2. The predicted octanol–water partition coefficient (Wildman–Crippen LogP) is 3.59. The Morgan fingerprint density at radius 2 is 1.35 bits per heavy atom. The number of nitro benzene ring substituents is 2. The zero-order valence-electron chi connectivity index (χ0n) is 13.7. The van der Waals surface area contributed by atoms with Crippen molar-refractivity contribution in [1.82, 2.24) is 0 Å². The summed E-state index contributed by atoms with van der Waals surface area (Å²) in [5, 5.41) is 20.3. The Labute approximate surface area is 160 Å². The van der Waals surface area contributed by atoms with Gasteiger partial charge < -0.3 is 0 Å². The van der Waals surface area contributed by atoms with E-state index in [1.807, 2.05) is 6.92 Å². The smallest absolute Gasteiger partial charge is 0.270 e. The largest absolute Gasteiger partial charge is 0.296 e. The van der Waals surface area contributed by atoms with Gasteiger partial charge in [0, 0.05) is 12.1 Å². The van der Waals surface area contributed by atoms with E-state index in [-0.39, 0.29) is 16.3 Å². The molecule has 0 amide bonds. The molecule has 0 aliphatic heterocycles. The maximum absolute atomic E-state index is 11.1. The molecule has 12 heteroatoms. The molecule has 2 aromatic carbocycles. The summed E-state index contributed by atoms with van der Waals surface area (Å²) in [6.45, 7) is 1.89. The first-order valence-electron chi connectivity index (χ1n) is 6.63. The average molecular weight is 420 g/mol. The zero-order chi connectivity index (χ0) is 20.3. The number of rotatable bonds is 4. The van der Waals surface area contributed by atoms with Gasteiger partial charge in [0.15, 0.2) is 0 Å². The van der Waals surface area contributed by atoms with Crippen molar-refractivity contribution in [3.63, 3.8) is 0 Å². The molecule has 0 N–H and O–H groups in total. The van der Waals surface area contributed by atoms with E-state index in [1.165, 1.54) is 30.3 Å². The number of non-ortho nitro benzene ring substituents is 2. The van der Waals surface area contributed by atoms with Crippen LogP contribution in [0.5, 0.6) is 0 Å². The lowest BCUT2D eigenvalue weighted by Crippen LogP contribution is -2.02. The highest BCUT2D eigenvalue weighted by Gasteiger charge is 2.12. The number of hydrogen-bond acceptors (Lipinski definition) is 9. The lowest BCUT2D eigenvalue weighted by atomic mass is 10.2. The van der Waals surface area contributed by atoms with E-state index in [4.69, 9.17) is 0 Å². The Kier molecular flexibility index (Phi) is 10.5. The van der Waals surface area contributed by atoms with E-state index >= 15 is 0 Å². The number of nitrogens with zero attached hydrogens (tertiary/aromatic N) is 2. The van der Waals surface area contributed by atoms with E-state index < -0.39 is 20.0 Å². The SMILES string of the molecule is COS(=O)(=O)c1ccc(C)cc1.O=[N+]([O-])c1cccc([N+](=O)[O-])c1.SS. The van der Waals surface area contributed by atoms with Crippen LogP contribution in [-0.2, 0) is 14.3 Å². The maximum atomic E-state index is 11.1. The summed E-state index contributed by atoms with van der Waals surface area (Å²) >= 11 is 6.44. The van der Waals surface area contributed by atoms with Gasteiger partial charge in [-0.25, -0.2) is 0 Å². The standard InChI is InChI=1S/C8H10O3S.C6H4N2O4.H2S2/c1-7-3-5-8(6-4-7)12(9,10)11-2;9-7(10)5-2-1-3-6(4-5)8(11)12;1-2/h3-6H,1-2H3;1-4H;1-2H. The van der Waals surface area contributed by atoms with Crippen LogP contribution in [0.15, 0.2) is 53.4 Å². The van der Waals surface area contributed by atoms with Gasteiger partial charge in [0.1, 0.15) is 0 Å². The molecule has 0 fully saturated rings. The van der Waals surface area contributed by atoms with Crippen molar-refractivity contribution >= 4 is 44.8 Å². The zero-order valence-corrected chi connectivity index (χ0v) is 16.3. The second-order valence-corrected chi connectivity index (χ2v) is 6.18. The molecule has 26 heavy (non-hydrogen) atoms. The fraction of sp³-hybridized carbons (Fsp3) is 0.143. The monoisotopic (exact) mass is 420 g/mol. The van der Waals surface area contributed by atoms with Crippen LogP contribution in [0.3, 0.4) is 0 Å². The number of nitro groups is 2. The molecule has 0 bridgehead atoms. The Bertz CT molecular complexity index is 811. The molecule has 0 spiro atoms. The summed E-state index contributed by atoms with van der Waals surface area (Å²) in [5.41, 5.74) is 0.471. The lowest BCUT2D eigenvalue weighted by Gasteiger charge is -2.00. The number of aryl methyl sites for hydroxylation is 1. The summed E-state index contributed by atoms with van der Waals surface area (Å²) < 4.78 is 26.5. The topological polar surface area (TPSA) is 130 Å². The van der Waals surface area contributed by atoms with Gasteiger partial charge in [0.2, 0.25) is 0 Å². The molecule has 0 atom stereocenters. The van der Waals surface area contributed by atoms with Crippen LogP contribution in [0.4, 0.5) is 11.4 Å². The summed E-state index contributed by atoms with van der Waals surface area (Å²) in [6, 6.07) is 11.1. The van der Waals surface area contributed by atoms with Crippen molar-refractivity contribution in [3.05, 3.63) is 74.3 Å². The molecule has 0 aromatic heterocycles. The Morgan fingerprint density at radius 3 is 1.69 bits per heavy atom. The van der Waals surface area contributed by atoms with Gasteiger partial charge in [-0.15, -0.1) is 23.3 Å². The molecule has 2 aromatic rings. The lowest BCUT2D eigenvalue weighted by molar-refractivity contribution is -0.394. The molecule has 0 saturated heterocycles. The highest BCUT2D eigenvalue weighted by atomic mass is 33.1. The highest BCUT2D eigenvalue weighted by molar-refractivity contribution is 8.59. The number of benzene rings is 2.